The Kier molecular flexibility index (Phi) is 3.76. The molecule has 1 N–H and O–H groups in total. The summed E-state index contributed by atoms with van der Waals surface area (Å²) in [6, 6.07) is 0. The van der Waals surface area contributed by atoms with E-state index in [1.165, 1.54) is 6.08 Å². The molecule has 1 aliphatic heterocycles. The molecule has 1 aromatic rings. The fraction of sp³-hybridized carbons (Fsp3) is 0.417. The molecule has 2 amide bonds. The van der Waals surface area contributed by atoms with Gasteiger partial charge in [-0.1, -0.05) is 6.58 Å². The summed E-state index contributed by atoms with van der Waals surface area (Å²) >= 11 is 0. The molecule has 0 unspecified atom stereocenters. The lowest BCUT2D eigenvalue weighted by Gasteiger charge is -2.14. The molecule has 2 heterocycles. The third-order valence-electron chi connectivity index (χ3n) is 2.86. The van der Waals surface area contributed by atoms with Crippen molar-refractivity contribution in [3.63, 3.8) is 0 Å². The van der Waals surface area contributed by atoms with Gasteiger partial charge in [0.1, 0.15) is 0 Å². The molecule has 1 fully saturated rings. The third kappa shape index (κ3) is 2.97. The van der Waals surface area contributed by atoms with E-state index in [1.807, 2.05) is 4.90 Å². The van der Waals surface area contributed by atoms with Crippen LogP contribution < -0.4 is 5.32 Å². The summed E-state index contributed by atoms with van der Waals surface area (Å²) in [4.78, 5) is 24.3. The van der Waals surface area contributed by atoms with Crippen LogP contribution in [0.25, 0.3) is 0 Å². The van der Waals surface area contributed by atoms with Gasteiger partial charge < -0.3 is 10.2 Å². The Labute approximate surface area is 105 Å². The maximum atomic E-state index is 11.4. The van der Waals surface area contributed by atoms with Crippen molar-refractivity contribution in [1.82, 2.24) is 14.7 Å². The van der Waals surface area contributed by atoms with Crippen molar-refractivity contribution in [1.29, 1.82) is 0 Å². The largest absolute Gasteiger partial charge is 0.341 e. The van der Waals surface area contributed by atoms with Crippen LogP contribution in [0.4, 0.5) is 5.69 Å². The Hall–Kier alpha value is -2.11. The number of hydrogen-bond donors (Lipinski definition) is 1. The highest BCUT2D eigenvalue weighted by atomic mass is 16.2. The molecular formula is C12H16N4O2. The van der Waals surface area contributed by atoms with Gasteiger partial charge in [-0.25, -0.2) is 0 Å². The summed E-state index contributed by atoms with van der Waals surface area (Å²) < 4.78 is 1.71. The molecule has 0 radical (unpaired) electrons. The normalized spacial score (nSPS) is 14.9. The Bertz CT molecular complexity index is 466. The lowest BCUT2D eigenvalue weighted by atomic mass is 10.4. The van der Waals surface area contributed by atoms with Gasteiger partial charge in [-0.3, -0.25) is 14.3 Å². The Balaban J connectivity index is 1.84. The molecule has 1 saturated heterocycles. The quantitative estimate of drug-likeness (QED) is 0.777. The maximum Gasteiger partial charge on any atom is 0.247 e. The van der Waals surface area contributed by atoms with E-state index in [4.69, 9.17) is 0 Å². The van der Waals surface area contributed by atoms with Crippen LogP contribution in [-0.2, 0) is 16.1 Å². The smallest absolute Gasteiger partial charge is 0.247 e. The molecule has 0 spiro atoms. The molecule has 6 nitrogen and oxygen atoms in total. The molecule has 0 atom stereocenters. The molecule has 0 bridgehead atoms. The SMILES string of the molecule is C=CC(=O)Nc1cnn(CCN2CCCC2=O)c1. The standard InChI is InChI=1S/C12H16N4O2/c1-2-11(17)14-10-8-13-16(9-10)7-6-15-5-3-4-12(15)18/h2,8-9H,1,3-7H2,(H,14,17). The summed E-state index contributed by atoms with van der Waals surface area (Å²) in [7, 11) is 0. The predicted octanol–water partition coefficient (Wildman–Crippen LogP) is 0.630. The van der Waals surface area contributed by atoms with E-state index in [0.29, 0.717) is 25.2 Å². The first-order valence-corrected chi connectivity index (χ1v) is 5.92. The minimum Gasteiger partial charge on any atom is -0.341 e. The van der Waals surface area contributed by atoms with Gasteiger partial charge in [-0.15, -0.1) is 0 Å². The number of carbonyl (C=O) groups is 2. The molecule has 1 aliphatic rings. The minimum atomic E-state index is -0.260. The molecule has 1 aromatic heterocycles. The molecule has 0 aliphatic carbocycles. The fourth-order valence-corrected chi connectivity index (χ4v) is 1.91. The van der Waals surface area contributed by atoms with Crippen molar-refractivity contribution in [3.05, 3.63) is 25.0 Å². The zero-order valence-corrected chi connectivity index (χ0v) is 10.1. The number of carbonyl (C=O) groups excluding carboxylic acids is 2. The lowest BCUT2D eigenvalue weighted by molar-refractivity contribution is -0.127. The Morgan fingerprint density at radius 3 is 3.06 bits per heavy atom. The lowest BCUT2D eigenvalue weighted by Crippen LogP contribution is -2.28. The molecule has 96 valence electrons. The number of rotatable bonds is 5. The van der Waals surface area contributed by atoms with Gasteiger partial charge in [0.05, 0.1) is 18.4 Å². The first kappa shape index (κ1) is 12.3. The molecule has 6 heteroatoms. The van der Waals surface area contributed by atoms with Crippen LogP contribution in [0, 0.1) is 0 Å². The number of nitrogens with zero attached hydrogens (tertiary/aromatic N) is 3. The van der Waals surface area contributed by atoms with E-state index >= 15 is 0 Å². The minimum absolute atomic E-state index is 0.210. The zero-order valence-electron chi connectivity index (χ0n) is 10.1. The summed E-state index contributed by atoms with van der Waals surface area (Å²) in [6.07, 6.45) is 6.12. The predicted molar refractivity (Wildman–Crippen MR) is 66.9 cm³/mol. The van der Waals surface area contributed by atoms with Gasteiger partial charge in [0.2, 0.25) is 11.8 Å². The van der Waals surface area contributed by atoms with E-state index in [1.54, 1.807) is 17.1 Å². The number of anilines is 1. The van der Waals surface area contributed by atoms with E-state index in [2.05, 4.69) is 17.0 Å². The molecule has 2 rings (SSSR count). The van der Waals surface area contributed by atoms with Crippen molar-refractivity contribution >= 4 is 17.5 Å². The summed E-state index contributed by atoms with van der Waals surface area (Å²) in [5.41, 5.74) is 0.632. The van der Waals surface area contributed by atoms with Crippen LogP contribution >= 0.6 is 0 Å². The third-order valence-corrected chi connectivity index (χ3v) is 2.86. The van der Waals surface area contributed by atoms with Gasteiger partial charge in [0.15, 0.2) is 0 Å². The van der Waals surface area contributed by atoms with E-state index < -0.39 is 0 Å². The van der Waals surface area contributed by atoms with Crippen molar-refractivity contribution in [3.8, 4) is 0 Å². The monoisotopic (exact) mass is 248 g/mol. The van der Waals surface area contributed by atoms with Gasteiger partial charge in [-0.2, -0.15) is 5.10 Å². The highest BCUT2D eigenvalue weighted by Crippen LogP contribution is 2.10. The van der Waals surface area contributed by atoms with Crippen molar-refractivity contribution in [2.45, 2.75) is 19.4 Å². The van der Waals surface area contributed by atoms with Crippen LogP contribution in [0.5, 0.6) is 0 Å². The first-order chi connectivity index (χ1) is 8.69. The van der Waals surface area contributed by atoms with Crippen LogP contribution in [0.1, 0.15) is 12.8 Å². The molecule has 18 heavy (non-hydrogen) atoms. The Morgan fingerprint density at radius 1 is 1.56 bits per heavy atom. The first-order valence-electron chi connectivity index (χ1n) is 5.92. The maximum absolute atomic E-state index is 11.4. The summed E-state index contributed by atoms with van der Waals surface area (Å²) in [5.74, 6) is -0.0494. The van der Waals surface area contributed by atoms with Crippen molar-refractivity contribution in [2.75, 3.05) is 18.4 Å². The average Bonchev–Trinajstić information content (AvgIpc) is 2.96. The second-order valence-electron chi connectivity index (χ2n) is 4.17. The number of nitrogens with one attached hydrogen (secondary N) is 1. The topological polar surface area (TPSA) is 67.2 Å². The van der Waals surface area contributed by atoms with Gasteiger partial charge >= 0.3 is 0 Å². The number of hydrogen-bond acceptors (Lipinski definition) is 3. The highest BCUT2D eigenvalue weighted by Gasteiger charge is 2.19. The summed E-state index contributed by atoms with van der Waals surface area (Å²) in [5, 5.41) is 6.75. The van der Waals surface area contributed by atoms with Crippen LogP contribution in [0.15, 0.2) is 25.0 Å². The highest BCUT2D eigenvalue weighted by molar-refractivity contribution is 5.98. The van der Waals surface area contributed by atoms with Crippen LogP contribution in [0.3, 0.4) is 0 Å². The second kappa shape index (κ2) is 5.48. The fourth-order valence-electron chi connectivity index (χ4n) is 1.91. The number of amides is 2. The molecule has 0 aromatic carbocycles. The van der Waals surface area contributed by atoms with Gasteiger partial charge in [-0.05, 0) is 12.5 Å². The van der Waals surface area contributed by atoms with Gasteiger partial charge in [0.25, 0.3) is 0 Å². The second-order valence-corrected chi connectivity index (χ2v) is 4.17. The van der Waals surface area contributed by atoms with E-state index in [0.717, 1.165) is 13.0 Å². The van der Waals surface area contributed by atoms with E-state index in [9.17, 15) is 9.59 Å². The summed E-state index contributed by atoms with van der Waals surface area (Å²) in [6.45, 7) is 5.51. The van der Waals surface area contributed by atoms with Crippen molar-refractivity contribution < 1.29 is 9.59 Å². The van der Waals surface area contributed by atoms with E-state index in [-0.39, 0.29) is 11.8 Å². The Morgan fingerprint density at radius 2 is 2.39 bits per heavy atom. The van der Waals surface area contributed by atoms with Crippen LogP contribution in [-0.4, -0.2) is 39.6 Å². The molecular weight excluding hydrogens is 232 g/mol. The van der Waals surface area contributed by atoms with Crippen LogP contribution in [0.2, 0.25) is 0 Å². The number of likely N-dealkylation sites (tertiary alicyclic amines) is 1. The zero-order chi connectivity index (χ0) is 13.0. The van der Waals surface area contributed by atoms with Crippen molar-refractivity contribution in [2.24, 2.45) is 0 Å². The van der Waals surface area contributed by atoms with Gasteiger partial charge in [0, 0.05) is 25.7 Å². The average molecular weight is 248 g/mol. The number of aromatic nitrogens is 2. The molecule has 0 saturated carbocycles.